The van der Waals surface area contributed by atoms with Gasteiger partial charge < -0.3 is 5.32 Å². The Morgan fingerprint density at radius 1 is 1.09 bits per heavy atom. The first kappa shape index (κ1) is 24.3. The molecule has 9 heteroatoms. The molecule has 0 aliphatic heterocycles. The van der Waals surface area contributed by atoms with Crippen molar-refractivity contribution < 1.29 is 13.2 Å². The third-order valence-electron chi connectivity index (χ3n) is 4.77. The highest BCUT2D eigenvalue weighted by Gasteiger charge is 2.24. The maximum Gasteiger partial charge on any atom is 0.257 e. The standard InChI is InChI=1S/C23H24ClN3O3S2/c1-3-27(4-2)32(29,30)20-11-12-22(24)21(14-20)23(28)26-18-7-9-19(10-8-18)31-16-17-6-5-13-25-15-17/h5-15H,3-4,16H2,1-2H3,(H,26,28). The van der Waals surface area contributed by atoms with Crippen molar-refractivity contribution in [3.8, 4) is 0 Å². The van der Waals surface area contributed by atoms with Crippen LogP contribution in [-0.4, -0.2) is 36.7 Å². The highest BCUT2D eigenvalue weighted by Crippen LogP contribution is 2.26. The van der Waals surface area contributed by atoms with Crippen LogP contribution in [0, 0.1) is 0 Å². The molecule has 1 aromatic heterocycles. The molecule has 2 aromatic carbocycles. The minimum atomic E-state index is -3.69. The van der Waals surface area contributed by atoms with E-state index in [4.69, 9.17) is 11.6 Å². The fourth-order valence-corrected chi connectivity index (χ4v) is 5.56. The molecule has 0 spiro atoms. The van der Waals surface area contributed by atoms with Crippen LogP contribution in [0.2, 0.25) is 5.02 Å². The molecule has 0 aliphatic carbocycles. The predicted molar refractivity (Wildman–Crippen MR) is 130 cm³/mol. The minimum Gasteiger partial charge on any atom is -0.322 e. The Hall–Kier alpha value is -2.39. The number of pyridine rings is 1. The molecular weight excluding hydrogens is 466 g/mol. The molecule has 0 bridgehead atoms. The molecule has 0 radical (unpaired) electrons. The zero-order chi connectivity index (χ0) is 23.1. The lowest BCUT2D eigenvalue weighted by Crippen LogP contribution is -2.30. The summed E-state index contributed by atoms with van der Waals surface area (Å²) in [5.41, 5.74) is 1.83. The highest BCUT2D eigenvalue weighted by atomic mass is 35.5. The van der Waals surface area contributed by atoms with Gasteiger partial charge in [0.05, 0.1) is 15.5 Å². The van der Waals surface area contributed by atoms with Crippen LogP contribution in [-0.2, 0) is 15.8 Å². The van der Waals surface area contributed by atoms with Gasteiger partial charge >= 0.3 is 0 Å². The smallest absolute Gasteiger partial charge is 0.257 e. The maximum absolute atomic E-state index is 12.8. The van der Waals surface area contributed by atoms with E-state index in [9.17, 15) is 13.2 Å². The first-order valence-electron chi connectivity index (χ1n) is 10.1. The lowest BCUT2D eigenvalue weighted by atomic mass is 10.2. The number of amides is 1. The zero-order valence-electron chi connectivity index (χ0n) is 17.8. The Balaban J connectivity index is 1.71. The van der Waals surface area contributed by atoms with Crippen molar-refractivity contribution in [1.82, 2.24) is 9.29 Å². The van der Waals surface area contributed by atoms with Gasteiger partial charge in [0, 0.05) is 41.8 Å². The van der Waals surface area contributed by atoms with Crippen molar-refractivity contribution in [3.05, 3.63) is 83.1 Å². The number of rotatable bonds is 9. The molecule has 32 heavy (non-hydrogen) atoms. The van der Waals surface area contributed by atoms with Crippen molar-refractivity contribution >= 4 is 45.0 Å². The monoisotopic (exact) mass is 489 g/mol. The van der Waals surface area contributed by atoms with Gasteiger partial charge in [-0.2, -0.15) is 4.31 Å². The van der Waals surface area contributed by atoms with Crippen LogP contribution < -0.4 is 5.32 Å². The molecule has 3 rings (SSSR count). The summed E-state index contributed by atoms with van der Waals surface area (Å²) in [5, 5.41) is 2.97. The molecular formula is C23H24ClN3O3S2. The SMILES string of the molecule is CCN(CC)S(=O)(=O)c1ccc(Cl)c(C(=O)Nc2ccc(SCc3cccnc3)cc2)c1. The summed E-state index contributed by atoms with van der Waals surface area (Å²) >= 11 is 7.87. The van der Waals surface area contributed by atoms with E-state index < -0.39 is 15.9 Å². The Bertz CT molecular complexity index is 1170. The van der Waals surface area contributed by atoms with E-state index in [2.05, 4.69) is 10.3 Å². The summed E-state index contributed by atoms with van der Waals surface area (Å²) in [5.74, 6) is 0.325. The molecule has 0 unspecified atom stereocenters. The molecule has 3 aromatic rings. The summed E-state index contributed by atoms with van der Waals surface area (Å²) in [4.78, 5) is 18.0. The van der Waals surface area contributed by atoms with E-state index in [1.54, 1.807) is 43.9 Å². The Morgan fingerprint density at radius 2 is 1.81 bits per heavy atom. The lowest BCUT2D eigenvalue weighted by Gasteiger charge is -2.19. The number of hydrogen-bond acceptors (Lipinski definition) is 5. The van der Waals surface area contributed by atoms with Crippen molar-refractivity contribution in [2.75, 3.05) is 18.4 Å². The third kappa shape index (κ3) is 5.89. The van der Waals surface area contributed by atoms with Crippen LogP contribution in [0.4, 0.5) is 5.69 Å². The Labute approximate surface area is 198 Å². The summed E-state index contributed by atoms with van der Waals surface area (Å²) in [6, 6.07) is 15.5. The molecule has 168 valence electrons. The summed E-state index contributed by atoms with van der Waals surface area (Å²) in [6.07, 6.45) is 3.58. The highest BCUT2D eigenvalue weighted by molar-refractivity contribution is 7.98. The summed E-state index contributed by atoms with van der Waals surface area (Å²) in [6.45, 7) is 4.22. The molecule has 6 nitrogen and oxygen atoms in total. The van der Waals surface area contributed by atoms with Gasteiger partial charge in [0.15, 0.2) is 0 Å². The average Bonchev–Trinajstić information content (AvgIpc) is 2.80. The number of hydrogen-bond donors (Lipinski definition) is 1. The van der Waals surface area contributed by atoms with Gasteiger partial charge in [-0.1, -0.05) is 31.5 Å². The normalized spacial score (nSPS) is 11.5. The number of nitrogens with one attached hydrogen (secondary N) is 1. The number of benzene rings is 2. The summed E-state index contributed by atoms with van der Waals surface area (Å²) < 4.78 is 26.9. The van der Waals surface area contributed by atoms with Gasteiger partial charge in [-0.3, -0.25) is 9.78 Å². The van der Waals surface area contributed by atoms with Crippen LogP contribution in [0.3, 0.4) is 0 Å². The topological polar surface area (TPSA) is 79.4 Å². The van der Waals surface area contributed by atoms with Crippen molar-refractivity contribution in [2.45, 2.75) is 29.4 Å². The lowest BCUT2D eigenvalue weighted by molar-refractivity contribution is 0.102. The van der Waals surface area contributed by atoms with E-state index in [1.807, 2.05) is 30.5 Å². The van der Waals surface area contributed by atoms with Gasteiger partial charge in [-0.05, 0) is 54.1 Å². The van der Waals surface area contributed by atoms with Crippen LogP contribution >= 0.6 is 23.4 Å². The molecule has 0 fully saturated rings. The molecule has 0 aliphatic rings. The minimum absolute atomic E-state index is 0.0397. The fraction of sp³-hybridized carbons (Fsp3) is 0.217. The number of carbonyl (C=O) groups is 1. The van der Waals surface area contributed by atoms with Crippen molar-refractivity contribution in [2.24, 2.45) is 0 Å². The van der Waals surface area contributed by atoms with Gasteiger partial charge in [0.1, 0.15) is 0 Å². The van der Waals surface area contributed by atoms with Gasteiger partial charge in [0.2, 0.25) is 10.0 Å². The maximum atomic E-state index is 12.8. The van der Waals surface area contributed by atoms with Gasteiger partial charge in [-0.15, -0.1) is 11.8 Å². The number of halogens is 1. The van der Waals surface area contributed by atoms with Crippen molar-refractivity contribution in [3.63, 3.8) is 0 Å². The van der Waals surface area contributed by atoms with Crippen LogP contribution in [0.25, 0.3) is 0 Å². The fourth-order valence-electron chi connectivity index (χ4n) is 3.03. The predicted octanol–water partition coefficient (Wildman–Crippen LogP) is 5.31. The number of aromatic nitrogens is 1. The van der Waals surface area contributed by atoms with Crippen molar-refractivity contribution in [1.29, 1.82) is 0 Å². The largest absolute Gasteiger partial charge is 0.322 e. The van der Waals surface area contributed by atoms with Crippen LogP contribution in [0.5, 0.6) is 0 Å². The number of sulfonamides is 1. The number of carbonyl (C=O) groups excluding carboxylic acids is 1. The first-order chi connectivity index (χ1) is 15.3. The second-order valence-electron chi connectivity index (χ2n) is 6.86. The molecule has 1 amide bonds. The van der Waals surface area contributed by atoms with E-state index in [-0.39, 0.29) is 15.5 Å². The number of anilines is 1. The number of thioether (sulfide) groups is 1. The van der Waals surface area contributed by atoms with E-state index in [1.165, 1.54) is 22.5 Å². The molecule has 0 saturated carbocycles. The van der Waals surface area contributed by atoms with E-state index in [0.717, 1.165) is 16.2 Å². The quantitative estimate of drug-likeness (QED) is 0.412. The average molecular weight is 490 g/mol. The molecule has 1 N–H and O–H groups in total. The van der Waals surface area contributed by atoms with Gasteiger partial charge in [-0.25, -0.2) is 8.42 Å². The Morgan fingerprint density at radius 3 is 2.44 bits per heavy atom. The third-order valence-corrected chi connectivity index (χ3v) is 8.22. The van der Waals surface area contributed by atoms with E-state index >= 15 is 0 Å². The number of nitrogens with zero attached hydrogens (tertiary/aromatic N) is 2. The Kier molecular flexibility index (Phi) is 8.31. The molecule has 0 saturated heterocycles. The second kappa shape index (κ2) is 11.0. The van der Waals surface area contributed by atoms with E-state index in [0.29, 0.717) is 18.8 Å². The van der Waals surface area contributed by atoms with Gasteiger partial charge in [0.25, 0.3) is 5.91 Å². The summed E-state index contributed by atoms with van der Waals surface area (Å²) in [7, 11) is -3.69. The first-order valence-corrected chi connectivity index (χ1v) is 12.9. The molecule has 0 atom stereocenters. The van der Waals surface area contributed by atoms with Crippen LogP contribution in [0.1, 0.15) is 29.8 Å². The zero-order valence-corrected chi connectivity index (χ0v) is 20.2. The molecule has 1 heterocycles. The second-order valence-corrected chi connectivity index (χ2v) is 10.3. The van der Waals surface area contributed by atoms with Crippen LogP contribution in [0.15, 0.2) is 76.8 Å².